The van der Waals surface area contributed by atoms with E-state index >= 15 is 0 Å². The zero-order valence-corrected chi connectivity index (χ0v) is 24.8. The second kappa shape index (κ2) is 17.7. The monoisotopic (exact) mass is 514 g/mol. The molecule has 3 rings (SSSR count). The van der Waals surface area contributed by atoms with Gasteiger partial charge in [-0.2, -0.15) is 0 Å². The van der Waals surface area contributed by atoms with Gasteiger partial charge in [0.1, 0.15) is 5.60 Å². The summed E-state index contributed by atoms with van der Waals surface area (Å²) in [5.74, 6) is 2.20. The first-order valence-corrected chi connectivity index (χ1v) is 17.0. The molecule has 0 radical (unpaired) electrons. The fourth-order valence-electron chi connectivity index (χ4n) is 8.45. The minimum Gasteiger partial charge on any atom is -0.455 e. The van der Waals surface area contributed by atoms with Crippen LogP contribution in [0.15, 0.2) is 12.7 Å². The lowest BCUT2D eigenvalue weighted by Gasteiger charge is -2.52. The number of hydrogen-bond donors (Lipinski definition) is 0. The van der Waals surface area contributed by atoms with Crippen molar-refractivity contribution in [2.24, 2.45) is 23.7 Å². The van der Waals surface area contributed by atoms with Gasteiger partial charge in [-0.25, -0.2) is 4.79 Å². The van der Waals surface area contributed by atoms with Crippen LogP contribution in [0.5, 0.6) is 0 Å². The lowest BCUT2D eigenvalue weighted by Crippen LogP contribution is -2.55. The molecule has 2 unspecified atom stereocenters. The summed E-state index contributed by atoms with van der Waals surface area (Å²) in [7, 11) is 0. The van der Waals surface area contributed by atoms with Crippen molar-refractivity contribution in [3.05, 3.63) is 12.7 Å². The van der Waals surface area contributed by atoms with E-state index in [0.717, 1.165) is 5.92 Å². The van der Waals surface area contributed by atoms with Gasteiger partial charge < -0.3 is 4.74 Å². The first kappa shape index (κ1) is 30.7. The molecule has 0 saturated heterocycles. The minimum absolute atomic E-state index is 0.140. The summed E-state index contributed by atoms with van der Waals surface area (Å²) in [6.07, 6.45) is 36.2. The summed E-state index contributed by atoms with van der Waals surface area (Å²) in [6, 6.07) is 0. The van der Waals surface area contributed by atoms with E-state index in [0.29, 0.717) is 17.8 Å². The predicted octanol–water partition coefficient (Wildman–Crippen LogP) is 11.1. The second-order valence-corrected chi connectivity index (χ2v) is 13.3. The molecule has 3 aliphatic rings. The van der Waals surface area contributed by atoms with Crippen molar-refractivity contribution in [1.29, 1.82) is 0 Å². The first-order valence-electron chi connectivity index (χ1n) is 17.0. The van der Waals surface area contributed by atoms with E-state index < -0.39 is 0 Å². The quantitative estimate of drug-likeness (QED) is 0.269. The highest BCUT2D eigenvalue weighted by Crippen LogP contribution is 2.51. The van der Waals surface area contributed by atoms with Crippen LogP contribution in [0.3, 0.4) is 0 Å². The zero-order chi connectivity index (χ0) is 26.2. The fraction of sp³-hybridized carbons (Fsp3) is 0.914. The Labute approximate surface area is 231 Å². The molecule has 0 amide bonds. The van der Waals surface area contributed by atoms with E-state index in [1.807, 2.05) is 0 Å². The molecule has 214 valence electrons. The van der Waals surface area contributed by atoms with Gasteiger partial charge >= 0.3 is 5.97 Å². The molecule has 2 atom stereocenters. The van der Waals surface area contributed by atoms with Crippen LogP contribution in [0.2, 0.25) is 0 Å². The van der Waals surface area contributed by atoms with Crippen LogP contribution in [-0.4, -0.2) is 11.6 Å². The van der Waals surface area contributed by atoms with E-state index in [1.165, 1.54) is 173 Å². The van der Waals surface area contributed by atoms with Crippen molar-refractivity contribution in [3.8, 4) is 0 Å². The van der Waals surface area contributed by atoms with Crippen molar-refractivity contribution in [2.45, 2.75) is 179 Å². The second-order valence-electron chi connectivity index (χ2n) is 13.3. The minimum atomic E-state index is -0.289. The van der Waals surface area contributed by atoms with Gasteiger partial charge in [0.05, 0.1) is 0 Å². The molecule has 2 nitrogen and oxygen atoms in total. The number of ether oxygens (including phenoxy) is 1. The number of hydrogen-bond acceptors (Lipinski definition) is 2. The lowest BCUT2D eigenvalue weighted by atomic mass is 9.60. The highest BCUT2D eigenvalue weighted by atomic mass is 16.6. The molecule has 0 heterocycles. The van der Waals surface area contributed by atoms with Gasteiger partial charge in [0, 0.05) is 6.08 Å². The normalized spacial score (nSPS) is 28.0. The standard InChI is InChI=1S/C35H62O2/c1-3-34(36)37-35(31-23-17-10-6-4-7-11-18-24-31,32-25-19-12-8-5-9-13-20-26-32)33-27-21-15-14-16-22-30(2)28-29-33/h3,30-33H,1,4-29H2,2H3. The van der Waals surface area contributed by atoms with Crippen molar-refractivity contribution in [1.82, 2.24) is 0 Å². The highest BCUT2D eigenvalue weighted by molar-refractivity contribution is 5.81. The number of esters is 1. The van der Waals surface area contributed by atoms with Crippen molar-refractivity contribution >= 4 is 5.97 Å². The average Bonchev–Trinajstić information content (AvgIpc) is 2.92. The Morgan fingerprint density at radius 3 is 1.24 bits per heavy atom. The van der Waals surface area contributed by atoms with Gasteiger partial charge in [0.2, 0.25) is 0 Å². The van der Waals surface area contributed by atoms with Gasteiger partial charge in [0.25, 0.3) is 0 Å². The molecular formula is C35H62O2. The van der Waals surface area contributed by atoms with Crippen LogP contribution in [-0.2, 0) is 9.53 Å². The van der Waals surface area contributed by atoms with E-state index in [-0.39, 0.29) is 11.6 Å². The molecule has 0 spiro atoms. The Balaban J connectivity index is 2.03. The predicted molar refractivity (Wildman–Crippen MR) is 159 cm³/mol. The molecule has 0 aromatic rings. The molecule has 0 aromatic heterocycles. The zero-order valence-electron chi connectivity index (χ0n) is 24.8. The summed E-state index contributed by atoms with van der Waals surface area (Å²) in [6.45, 7) is 6.38. The van der Waals surface area contributed by atoms with Crippen LogP contribution < -0.4 is 0 Å². The SMILES string of the molecule is C=CC(=O)OC(C1CCCCCCCCC1)(C1CCCCCCCCC1)C1CCCCCCC(C)CC1. The molecule has 3 saturated carbocycles. The van der Waals surface area contributed by atoms with E-state index in [1.54, 1.807) is 0 Å². The molecule has 0 N–H and O–H groups in total. The average molecular weight is 515 g/mol. The lowest BCUT2D eigenvalue weighted by molar-refractivity contribution is -0.190. The number of carbonyl (C=O) groups excluding carboxylic acids is 1. The van der Waals surface area contributed by atoms with Gasteiger partial charge in [-0.05, 0) is 62.2 Å². The van der Waals surface area contributed by atoms with Crippen LogP contribution in [0, 0.1) is 23.7 Å². The van der Waals surface area contributed by atoms with E-state index in [4.69, 9.17) is 4.74 Å². The smallest absolute Gasteiger partial charge is 0.330 e. The summed E-state index contributed by atoms with van der Waals surface area (Å²) < 4.78 is 6.99. The maximum absolute atomic E-state index is 13.3. The Morgan fingerprint density at radius 1 is 0.541 bits per heavy atom. The molecule has 2 heteroatoms. The van der Waals surface area contributed by atoms with Crippen LogP contribution >= 0.6 is 0 Å². The molecule has 3 fully saturated rings. The third-order valence-electron chi connectivity index (χ3n) is 10.6. The van der Waals surface area contributed by atoms with Crippen molar-refractivity contribution in [3.63, 3.8) is 0 Å². The topological polar surface area (TPSA) is 26.3 Å². The van der Waals surface area contributed by atoms with E-state index in [2.05, 4.69) is 13.5 Å². The summed E-state index contributed by atoms with van der Waals surface area (Å²) in [4.78, 5) is 13.3. The van der Waals surface area contributed by atoms with Crippen LogP contribution in [0.4, 0.5) is 0 Å². The molecule has 0 aromatic carbocycles. The molecular weight excluding hydrogens is 452 g/mol. The Hall–Kier alpha value is -0.790. The molecule has 3 aliphatic carbocycles. The number of carbonyl (C=O) groups is 1. The Kier molecular flexibility index (Phi) is 14.7. The van der Waals surface area contributed by atoms with E-state index in [9.17, 15) is 4.79 Å². The summed E-state index contributed by atoms with van der Waals surface area (Å²) in [5.41, 5.74) is -0.289. The van der Waals surface area contributed by atoms with Gasteiger partial charge in [-0.1, -0.05) is 142 Å². The maximum Gasteiger partial charge on any atom is 0.330 e. The third kappa shape index (κ3) is 10.0. The first-order chi connectivity index (χ1) is 18.2. The Morgan fingerprint density at radius 2 is 0.865 bits per heavy atom. The van der Waals surface area contributed by atoms with Crippen molar-refractivity contribution < 1.29 is 9.53 Å². The number of rotatable bonds is 5. The largest absolute Gasteiger partial charge is 0.455 e. The van der Waals surface area contributed by atoms with Crippen LogP contribution in [0.1, 0.15) is 174 Å². The van der Waals surface area contributed by atoms with Gasteiger partial charge in [0.15, 0.2) is 0 Å². The molecule has 0 aliphatic heterocycles. The maximum atomic E-state index is 13.3. The molecule has 37 heavy (non-hydrogen) atoms. The third-order valence-corrected chi connectivity index (χ3v) is 10.6. The highest BCUT2D eigenvalue weighted by Gasteiger charge is 2.52. The van der Waals surface area contributed by atoms with Crippen LogP contribution in [0.25, 0.3) is 0 Å². The Bertz CT molecular complexity index is 579. The van der Waals surface area contributed by atoms with Gasteiger partial charge in [-0.3, -0.25) is 0 Å². The summed E-state index contributed by atoms with van der Waals surface area (Å²) >= 11 is 0. The summed E-state index contributed by atoms with van der Waals surface area (Å²) in [5, 5.41) is 0. The van der Waals surface area contributed by atoms with Crippen molar-refractivity contribution in [2.75, 3.05) is 0 Å². The molecule has 0 bridgehead atoms. The fourth-order valence-corrected chi connectivity index (χ4v) is 8.45. The van der Waals surface area contributed by atoms with Gasteiger partial charge in [-0.15, -0.1) is 0 Å².